The minimum atomic E-state index is -1.12. The van der Waals surface area contributed by atoms with E-state index in [4.69, 9.17) is 5.73 Å². The molecule has 0 saturated heterocycles. The van der Waals surface area contributed by atoms with Crippen LogP contribution < -0.4 is 21.7 Å². The van der Waals surface area contributed by atoms with E-state index in [1.807, 2.05) is 13.2 Å². The normalized spacial score (nSPS) is 15.2. The first kappa shape index (κ1) is 26.2. The van der Waals surface area contributed by atoms with Gasteiger partial charge in [-0.25, -0.2) is 4.79 Å². The van der Waals surface area contributed by atoms with Gasteiger partial charge in [0.05, 0.1) is 6.54 Å². The third-order valence-corrected chi connectivity index (χ3v) is 5.12. The maximum Gasteiger partial charge on any atom is 0.326 e. The van der Waals surface area contributed by atoms with E-state index in [1.54, 1.807) is 20.8 Å². The fourth-order valence-electron chi connectivity index (χ4n) is 2.47. The second kappa shape index (κ2) is 13.4. The van der Waals surface area contributed by atoms with Gasteiger partial charge in [0.2, 0.25) is 17.7 Å². The largest absolute Gasteiger partial charge is 0.480 e. The first-order valence-corrected chi connectivity index (χ1v) is 10.8. The number of carboxylic acids is 1. The van der Waals surface area contributed by atoms with Crippen molar-refractivity contribution < 1.29 is 24.3 Å². The summed E-state index contributed by atoms with van der Waals surface area (Å²) < 4.78 is 0. The zero-order valence-electron chi connectivity index (χ0n) is 17.3. The Labute approximate surface area is 170 Å². The summed E-state index contributed by atoms with van der Waals surface area (Å²) in [5, 5.41) is 17.1. The Kier molecular flexibility index (Phi) is 12.5. The lowest BCUT2D eigenvalue weighted by atomic mass is 9.97. The standard InChI is InChI=1S/C18H34N4O5S/c1-6-11(4)15(18(26)27)22-17(25)14(10(2)3)21-16(24)12(7-8-28-5)20-13(23)9-19/h10-12,14-15H,6-9,19H2,1-5H3,(H,20,23)(H,21,24)(H,22,25)(H,26,27). The average Bonchev–Trinajstić information content (AvgIpc) is 2.65. The predicted molar refractivity (Wildman–Crippen MR) is 110 cm³/mol. The molecular weight excluding hydrogens is 384 g/mol. The van der Waals surface area contributed by atoms with Crippen molar-refractivity contribution in [3.63, 3.8) is 0 Å². The van der Waals surface area contributed by atoms with Crippen LogP contribution in [0.25, 0.3) is 0 Å². The maximum absolute atomic E-state index is 12.7. The summed E-state index contributed by atoms with van der Waals surface area (Å²) in [7, 11) is 0. The molecule has 28 heavy (non-hydrogen) atoms. The van der Waals surface area contributed by atoms with E-state index < -0.39 is 41.8 Å². The Morgan fingerprint density at radius 1 is 1.00 bits per heavy atom. The van der Waals surface area contributed by atoms with E-state index in [0.29, 0.717) is 18.6 Å². The van der Waals surface area contributed by atoms with Crippen LogP contribution in [-0.4, -0.2) is 65.5 Å². The highest BCUT2D eigenvalue weighted by Crippen LogP contribution is 2.11. The molecule has 0 aliphatic rings. The molecule has 0 aromatic carbocycles. The van der Waals surface area contributed by atoms with Crippen molar-refractivity contribution in [2.45, 2.75) is 58.7 Å². The molecule has 0 saturated carbocycles. The Bertz CT molecular complexity index is 544. The number of thioether (sulfide) groups is 1. The summed E-state index contributed by atoms with van der Waals surface area (Å²) in [5.41, 5.74) is 5.30. The lowest BCUT2D eigenvalue weighted by Gasteiger charge is -2.28. The van der Waals surface area contributed by atoms with Gasteiger partial charge >= 0.3 is 5.97 Å². The minimum absolute atomic E-state index is 0.244. The highest BCUT2D eigenvalue weighted by Gasteiger charge is 2.32. The van der Waals surface area contributed by atoms with Gasteiger partial charge in [0.15, 0.2) is 0 Å². The smallest absolute Gasteiger partial charge is 0.326 e. The molecule has 4 atom stereocenters. The van der Waals surface area contributed by atoms with Crippen molar-refractivity contribution in [3.8, 4) is 0 Å². The zero-order chi connectivity index (χ0) is 21.9. The number of carbonyl (C=O) groups is 4. The van der Waals surface area contributed by atoms with Gasteiger partial charge in [-0.15, -0.1) is 0 Å². The van der Waals surface area contributed by atoms with Gasteiger partial charge in [-0.1, -0.05) is 34.1 Å². The molecule has 9 nitrogen and oxygen atoms in total. The van der Waals surface area contributed by atoms with Crippen LogP contribution >= 0.6 is 11.8 Å². The number of rotatable bonds is 13. The summed E-state index contributed by atoms with van der Waals surface area (Å²) in [6.07, 6.45) is 2.85. The third-order valence-electron chi connectivity index (χ3n) is 4.47. The fraction of sp³-hybridized carbons (Fsp3) is 0.778. The van der Waals surface area contributed by atoms with Crippen LogP contribution in [0.5, 0.6) is 0 Å². The molecule has 6 N–H and O–H groups in total. The number of amides is 3. The lowest BCUT2D eigenvalue weighted by molar-refractivity contribution is -0.144. The zero-order valence-corrected chi connectivity index (χ0v) is 18.1. The minimum Gasteiger partial charge on any atom is -0.480 e. The fourth-order valence-corrected chi connectivity index (χ4v) is 2.94. The molecule has 10 heteroatoms. The number of nitrogens with one attached hydrogen (secondary N) is 3. The van der Waals surface area contributed by atoms with E-state index in [9.17, 15) is 24.3 Å². The van der Waals surface area contributed by atoms with Gasteiger partial charge in [-0.2, -0.15) is 11.8 Å². The van der Waals surface area contributed by atoms with E-state index in [-0.39, 0.29) is 18.4 Å². The maximum atomic E-state index is 12.7. The third kappa shape index (κ3) is 8.92. The molecule has 0 aromatic rings. The summed E-state index contributed by atoms with van der Waals surface area (Å²) in [5.74, 6) is -2.55. The Balaban J connectivity index is 5.27. The second-order valence-corrected chi connectivity index (χ2v) is 8.03. The lowest BCUT2D eigenvalue weighted by Crippen LogP contribution is -2.58. The first-order chi connectivity index (χ1) is 13.1. The van der Waals surface area contributed by atoms with Gasteiger partial charge in [-0.3, -0.25) is 14.4 Å². The molecule has 0 spiro atoms. The number of hydrogen-bond acceptors (Lipinski definition) is 6. The SMILES string of the molecule is CCC(C)C(NC(=O)C(NC(=O)C(CCSC)NC(=O)CN)C(C)C)C(=O)O. The van der Waals surface area contributed by atoms with Gasteiger partial charge in [0.1, 0.15) is 18.1 Å². The Morgan fingerprint density at radius 3 is 2.00 bits per heavy atom. The molecule has 162 valence electrons. The van der Waals surface area contributed by atoms with E-state index in [1.165, 1.54) is 11.8 Å². The molecule has 0 rings (SSSR count). The Hall–Kier alpha value is -1.81. The number of carbonyl (C=O) groups excluding carboxylic acids is 3. The molecule has 0 fully saturated rings. The Morgan fingerprint density at radius 2 is 1.57 bits per heavy atom. The van der Waals surface area contributed by atoms with Crippen LogP contribution in [-0.2, 0) is 19.2 Å². The van der Waals surface area contributed by atoms with Crippen LogP contribution in [0.2, 0.25) is 0 Å². The van der Waals surface area contributed by atoms with Crippen molar-refractivity contribution in [1.29, 1.82) is 0 Å². The summed E-state index contributed by atoms with van der Waals surface area (Å²) in [4.78, 5) is 48.4. The van der Waals surface area contributed by atoms with Crippen molar-refractivity contribution in [2.24, 2.45) is 17.6 Å². The molecular formula is C18H34N4O5S. The summed E-state index contributed by atoms with van der Waals surface area (Å²) >= 11 is 1.52. The van der Waals surface area contributed by atoms with Gasteiger partial charge in [0, 0.05) is 0 Å². The summed E-state index contributed by atoms with van der Waals surface area (Å²) in [6.45, 7) is 6.83. The highest BCUT2D eigenvalue weighted by atomic mass is 32.2. The molecule has 0 aliphatic carbocycles. The average molecular weight is 419 g/mol. The highest BCUT2D eigenvalue weighted by molar-refractivity contribution is 7.98. The van der Waals surface area contributed by atoms with E-state index >= 15 is 0 Å². The second-order valence-electron chi connectivity index (χ2n) is 7.05. The quantitative estimate of drug-likeness (QED) is 0.281. The number of carboxylic acid groups (broad SMARTS) is 1. The van der Waals surface area contributed by atoms with Crippen LogP contribution in [0.3, 0.4) is 0 Å². The summed E-state index contributed by atoms with van der Waals surface area (Å²) in [6, 6.07) is -2.78. The van der Waals surface area contributed by atoms with E-state index in [0.717, 1.165) is 0 Å². The first-order valence-electron chi connectivity index (χ1n) is 9.40. The number of nitrogens with two attached hydrogens (primary N) is 1. The van der Waals surface area contributed by atoms with Crippen molar-refractivity contribution in [3.05, 3.63) is 0 Å². The van der Waals surface area contributed by atoms with Crippen molar-refractivity contribution in [1.82, 2.24) is 16.0 Å². The molecule has 0 heterocycles. The topological polar surface area (TPSA) is 151 Å². The van der Waals surface area contributed by atoms with Gasteiger partial charge in [0.25, 0.3) is 0 Å². The van der Waals surface area contributed by atoms with Crippen molar-refractivity contribution >= 4 is 35.5 Å². The predicted octanol–water partition coefficient (Wildman–Crippen LogP) is -0.0607. The molecule has 4 unspecified atom stereocenters. The van der Waals surface area contributed by atoms with Gasteiger partial charge in [-0.05, 0) is 30.3 Å². The van der Waals surface area contributed by atoms with E-state index in [2.05, 4.69) is 16.0 Å². The van der Waals surface area contributed by atoms with Crippen LogP contribution in [0.1, 0.15) is 40.5 Å². The molecule has 0 aliphatic heterocycles. The van der Waals surface area contributed by atoms with Crippen LogP contribution in [0, 0.1) is 11.8 Å². The van der Waals surface area contributed by atoms with Crippen LogP contribution in [0.4, 0.5) is 0 Å². The monoisotopic (exact) mass is 418 g/mol. The molecule has 3 amide bonds. The molecule has 0 radical (unpaired) electrons. The van der Waals surface area contributed by atoms with Gasteiger partial charge < -0.3 is 26.8 Å². The van der Waals surface area contributed by atoms with Crippen LogP contribution in [0.15, 0.2) is 0 Å². The van der Waals surface area contributed by atoms with Crippen molar-refractivity contribution in [2.75, 3.05) is 18.6 Å². The molecule has 0 bridgehead atoms. The number of aliphatic carboxylic acids is 1. The molecule has 0 aromatic heterocycles. The number of hydrogen-bond donors (Lipinski definition) is 5.